The summed E-state index contributed by atoms with van der Waals surface area (Å²) in [6, 6.07) is 34.5. The fourth-order valence-electron chi connectivity index (χ4n) is 2.78. The van der Waals surface area contributed by atoms with Crippen molar-refractivity contribution in [2.24, 2.45) is 0 Å². The van der Waals surface area contributed by atoms with E-state index in [1.165, 1.54) is 0 Å². The van der Waals surface area contributed by atoms with Crippen LogP contribution in [0.5, 0.6) is 0 Å². The first kappa shape index (κ1) is 15.1. The largest absolute Gasteiger partial charge is 0.294 e. The summed E-state index contributed by atoms with van der Waals surface area (Å²) in [6.45, 7) is 0. The van der Waals surface area contributed by atoms with Gasteiger partial charge in [0.25, 0.3) is 0 Å². The third-order valence-electron chi connectivity index (χ3n) is 3.98. The standard InChI is InChI=1S/C22H17N3/c1-4-10-18(11-5-1)21-16-17-22(24-23-21)25(19-12-6-2-7-13-19)20-14-8-3-9-15-20/h1-17H. The Balaban J connectivity index is 1.75. The molecule has 4 aromatic rings. The molecule has 1 heterocycles. The number of aromatic nitrogens is 2. The Morgan fingerprint density at radius 2 is 1.00 bits per heavy atom. The molecule has 0 radical (unpaired) electrons. The predicted octanol–water partition coefficient (Wildman–Crippen LogP) is 5.61. The van der Waals surface area contributed by atoms with Crippen LogP contribution in [0.25, 0.3) is 11.3 Å². The number of anilines is 3. The lowest BCUT2D eigenvalue weighted by Gasteiger charge is -2.23. The molecular weight excluding hydrogens is 306 g/mol. The second kappa shape index (κ2) is 6.97. The highest BCUT2D eigenvalue weighted by Gasteiger charge is 2.13. The Morgan fingerprint density at radius 3 is 1.48 bits per heavy atom. The summed E-state index contributed by atoms with van der Waals surface area (Å²) in [5, 5.41) is 8.91. The maximum Gasteiger partial charge on any atom is 0.160 e. The summed E-state index contributed by atoms with van der Waals surface area (Å²) in [6.07, 6.45) is 0. The van der Waals surface area contributed by atoms with Gasteiger partial charge in [-0.15, -0.1) is 10.2 Å². The van der Waals surface area contributed by atoms with Gasteiger partial charge in [0.2, 0.25) is 0 Å². The van der Waals surface area contributed by atoms with Gasteiger partial charge in [-0.05, 0) is 36.4 Å². The molecule has 0 unspecified atom stereocenters. The van der Waals surface area contributed by atoms with E-state index in [1.807, 2.05) is 78.9 Å². The van der Waals surface area contributed by atoms with Crippen molar-refractivity contribution in [1.29, 1.82) is 0 Å². The first-order chi connectivity index (χ1) is 12.4. The first-order valence-electron chi connectivity index (χ1n) is 8.21. The van der Waals surface area contributed by atoms with E-state index >= 15 is 0 Å². The monoisotopic (exact) mass is 323 g/mol. The molecule has 0 amide bonds. The third kappa shape index (κ3) is 3.26. The molecule has 0 aliphatic carbocycles. The van der Waals surface area contributed by atoms with E-state index < -0.39 is 0 Å². The van der Waals surface area contributed by atoms with Gasteiger partial charge in [-0.3, -0.25) is 4.90 Å². The Kier molecular flexibility index (Phi) is 4.21. The van der Waals surface area contributed by atoms with Crippen molar-refractivity contribution in [1.82, 2.24) is 10.2 Å². The normalized spacial score (nSPS) is 10.4. The summed E-state index contributed by atoms with van der Waals surface area (Å²) in [5.74, 6) is 0.789. The average molecular weight is 323 g/mol. The summed E-state index contributed by atoms with van der Waals surface area (Å²) in [7, 11) is 0. The van der Waals surface area contributed by atoms with Gasteiger partial charge in [-0.2, -0.15) is 0 Å². The number of hydrogen-bond acceptors (Lipinski definition) is 3. The minimum atomic E-state index is 0.789. The number of hydrogen-bond donors (Lipinski definition) is 0. The number of para-hydroxylation sites is 2. The molecule has 0 spiro atoms. The van der Waals surface area contributed by atoms with Crippen LogP contribution in [0, 0.1) is 0 Å². The second-order valence-electron chi connectivity index (χ2n) is 5.65. The van der Waals surface area contributed by atoms with Crippen molar-refractivity contribution in [2.45, 2.75) is 0 Å². The van der Waals surface area contributed by atoms with Gasteiger partial charge in [0.15, 0.2) is 5.82 Å². The van der Waals surface area contributed by atoms with Crippen LogP contribution >= 0.6 is 0 Å². The van der Waals surface area contributed by atoms with E-state index in [0.29, 0.717) is 0 Å². The maximum atomic E-state index is 4.48. The van der Waals surface area contributed by atoms with E-state index in [4.69, 9.17) is 0 Å². The zero-order chi connectivity index (χ0) is 16.9. The summed E-state index contributed by atoms with van der Waals surface area (Å²) >= 11 is 0. The SMILES string of the molecule is c1ccc(-c2ccc(N(c3ccccc3)c3ccccc3)nn2)cc1. The van der Waals surface area contributed by atoms with Crippen LogP contribution in [0.4, 0.5) is 17.2 Å². The lowest BCUT2D eigenvalue weighted by Crippen LogP contribution is -2.12. The molecule has 0 saturated carbocycles. The second-order valence-corrected chi connectivity index (χ2v) is 5.65. The highest BCUT2D eigenvalue weighted by molar-refractivity contribution is 5.74. The number of nitrogens with zero attached hydrogens (tertiary/aromatic N) is 3. The van der Waals surface area contributed by atoms with Gasteiger partial charge in [0.1, 0.15) is 0 Å². The van der Waals surface area contributed by atoms with Gasteiger partial charge < -0.3 is 0 Å². The van der Waals surface area contributed by atoms with Gasteiger partial charge in [0, 0.05) is 16.9 Å². The highest BCUT2D eigenvalue weighted by atomic mass is 15.3. The average Bonchev–Trinajstić information content (AvgIpc) is 2.71. The van der Waals surface area contributed by atoms with E-state index in [1.54, 1.807) is 0 Å². The lowest BCUT2D eigenvalue weighted by molar-refractivity contribution is 1.01. The van der Waals surface area contributed by atoms with Crippen LogP contribution in [0.15, 0.2) is 103 Å². The zero-order valence-electron chi connectivity index (χ0n) is 13.7. The van der Waals surface area contributed by atoms with Crippen LogP contribution in [0.1, 0.15) is 0 Å². The van der Waals surface area contributed by atoms with Gasteiger partial charge >= 0.3 is 0 Å². The van der Waals surface area contributed by atoms with Crippen molar-refractivity contribution in [3.8, 4) is 11.3 Å². The summed E-state index contributed by atoms with van der Waals surface area (Å²) < 4.78 is 0. The van der Waals surface area contributed by atoms with E-state index in [-0.39, 0.29) is 0 Å². The van der Waals surface area contributed by atoms with Gasteiger partial charge in [0.05, 0.1) is 5.69 Å². The van der Waals surface area contributed by atoms with Crippen LogP contribution in [0.2, 0.25) is 0 Å². The van der Waals surface area contributed by atoms with E-state index in [2.05, 4.69) is 39.4 Å². The Bertz CT molecular complexity index is 882. The maximum absolute atomic E-state index is 4.48. The minimum absolute atomic E-state index is 0.789. The molecule has 3 heteroatoms. The number of benzene rings is 3. The van der Waals surface area contributed by atoms with Gasteiger partial charge in [-0.1, -0.05) is 66.7 Å². The summed E-state index contributed by atoms with van der Waals surface area (Å²) in [4.78, 5) is 2.10. The molecule has 0 aliphatic rings. The van der Waals surface area contributed by atoms with Crippen molar-refractivity contribution >= 4 is 17.2 Å². The van der Waals surface area contributed by atoms with Crippen LogP contribution in [-0.2, 0) is 0 Å². The molecule has 0 aliphatic heterocycles. The molecule has 0 bridgehead atoms. The van der Waals surface area contributed by atoms with Crippen LogP contribution in [-0.4, -0.2) is 10.2 Å². The molecule has 0 fully saturated rings. The Labute approximate surface area is 147 Å². The molecular formula is C22H17N3. The molecule has 3 nitrogen and oxygen atoms in total. The molecule has 120 valence electrons. The van der Waals surface area contributed by atoms with Crippen molar-refractivity contribution in [2.75, 3.05) is 4.90 Å². The fraction of sp³-hybridized carbons (Fsp3) is 0. The third-order valence-corrected chi connectivity index (χ3v) is 3.98. The van der Waals surface area contributed by atoms with Crippen molar-refractivity contribution < 1.29 is 0 Å². The van der Waals surface area contributed by atoms with E-state index in [9.17, 15) is 0 Å². The topological polar surface area (TPSA) is 29.0 Å². The first-order valence-corrected chi connectivity index (χ1v) is 8.21. The molecule has 1 aromatic heterocycles. The lowest BCUT2D eigenvalue weighted by atomic mass is 10.1. The Morgan fingerprint density at radius 1 is 0.480 bits per heavy atom. The Hall–Kier alpha value is -3.46. The molecule has 0 atom stereocenters. The van der Waals surface area contributed by atoms with Gasteiger partial charge in [-0.25, -0.2) is 0 Å². The molecule has 3 aromatic carbocycles. The van der Waals surface area contributed by atoms with E-state index in [0.717, 1.165) is 28.5 Å². The molecule has 0 N–H and O–H groups in total. The minimum Gasteiger partial charge on any atom is -0.294 e. The molecule has 4 rings (SSSR count). The number of rotatable bonds is 4. The predicted molar refractivity (Wildman–Crippen MR) is 102 cm³/mol. The van der Waals surface area contributed by atoms with Crippen molar-refractivity contribution in [3.63, 3.8) is 0 Å². The summed E-state index contributed by atoms with van der Waals surface area (Å²) in [5.41, 5.74) is 4.03. The molecule has 0 saturated heterocycles. The smallest absolute Gasteiger partial charge is 0.160 e. The van der Waals surface area contributed by atoms with Crippen LogP contribution < -0.4 is 4.90 Å². The van der Waals surface area contributed by atoms with Crippen LogP contribution in [0.3, 0.4) is 0 Å². The zero-order valence-corrected chi connectivity index (χ0v) is 13.7. The highest BCUT2D eigenvalue weighted by Crippen LogP contribution is 2.32. The fourth-order valence-corrected chi connectivity index (χ4v) is 2.78. The van der Waals surface area contributed by atoms with Crippen molar-refractivity contribution in [3.05, 3.63) is 103 Å². The quantitative estimate of drug-likeness (QED) is 0.488. The molecule has 25 heavy (non-hydrogen) atoms.